The van der Waals surface area contributed by atoms with Crippen LogP contribution < -0.4 is 5.56 Å². The van der Waals surface area contributed by atoms with Gasteiger partial charge in [-0.15, -0.1) is 0 Å². The Balaban J connectivity index is 1.86. The van der Waals surface area contributed by atoms with Gasteiger partial charge in [-0.3, -0.25) is 9.78 Å². The highest BCUT2D eigenvalue weighted by Gasteiger charge is 2.14. The van der Waals surface area contributed by atoms with Gasteiger partial charge in [-0.25, -0.2) is 4.98 Å². The lowest BCUT2D eigenvalue weighted by molar-refractivity contribution is 0.853. The Labute approximate surface area is 137 Å². The molecule has 120 valence electrons. The van der Waals surface area contributed by atoms with Crippen molar-refractivity contribution in [2.45, 2.75) is 20.3 Å². The van der Waals surface area contributed by atoms with E-state index in [2.05, 4.69) is 20.1 Å². The molecule has 0 bridgehead atoms. The van der Waals surface area contributed by atoms with E-state index < -0.39 is 0 Å². The van der Waals surface area contributed by atoms with E-state index in [0.717, 1.165) is 28.3 Å². The van der Waals surface area contributed by atoms with Gasteiger partial charge in [0.2, 0.25) is 0 Å². The average molecular weight is 320 g/mol. The molecule has 0 fully saturated rings. The summed E-state index contributed by atoms with van der Waals surface area (Å²) in [7, 11) is 0. The Morgan fingerprint density at radius 2 is 2.08 bits per heavy atom. The molecule has 0 aromatic carbocycles. The molecule has 4 aromatic heterocycles. The van der Waals surface area contributed by atoms with Crippen molar-refractivity contribution in [3.8, 4) is 17.1 Å². The van der Waals surface area contributed by atoms with Crippen LogP contribution >= 0.6 is 0 Å². The van der Waals surface area contributed by atoms with Crippen LogP contribution in [0, 0.1) is 6.92 Å². The Kier molecular flexibility index (Phi) is 3.26. The van der Waals surface area contributed by atoms with E-state index in [1.165, 1.54) is 4.52 Å². The fourth-order valence-corrected chi connectivity index (χ4v) is 2.86. The minimum Gasteiger partial charge on any atom is -0.342 e. The number of rotatable bonds is 3. The van der Waals surface area contributed by atoms with Gasteiger partial charge in [0.15, 0.2) is 5.65 Å². The van der Waals surface area contributed by atoms with Crippen molar-refractivity contribution in [3.63, 3.8) is 0 Å². The van der Waals surface area contributed by atoms with Crippen LogP contribution in [0.1, 0.15) is 18.2 Å². The number of fused-ring (bicyclic) bond motifs is 1. The van der Waals surface area contributed by atoms with Crippen LogP contribution in [-0.2, 0) is 6.42 Å². The maximum absolute atomic E-state index is 12.5. The molecule has 0 aliphatic heterocycles. The summed E-state index contributed by atoms with van der Waals surface area (Å²) in [5.74, 6) is 0. The van der Waals surface area contributed by atoms with Gasteiger partial charge < -0.3 is 9.55 Å². The fraction of sp³-hybridized carbons (Fsp3) is 0.176. The van der Waals surface area contributed by atoms with Crippen LogP contribution in [-0.4, -0.2) is 29.1 Å². The summed E-state index contributed by atoms with van der Waals surface area (Å²) in [6.07, 6.45) is 7.64. The van der Waals surface area contributed by atoms with Gasteiger partial charge in [0.1, 0.15) is 17.7 Å². The molecule has 0 atom stereocenters. The van der Waals surface area contributed by atoms with Gasteiger partial charge in [-0.05, 0) is 25.5 Å². The Morgan fingerprint density at radius 1 is 1.21 bits per heavy atom. The van der Waals surface area contributed by atoms with E-state index in [1.807, 2.05) is 42.8 Å². The molecule has 24 heavy (non-hydrogen) atoms. The van der Waals surface area contributed by atoms with E-state index in [9.17, 15) is 4.79 Å². The number of H-pyrrole nitrogens is 1. The molecule has 0 aliphatic rings. The van der Waals surface area contributed by atoms with Crippen molar-refractivity contribution in [2.75, 3.05) is 0 Å². The normalized spacial score (nSPS) is 11.2. The van der Waals surface area contributed by atoms with Crippen molar-refractivity contribution in [1.29, 1.82) is 0 Å². The quantitative estimate of drug-likeness (QED) is 0.627. The number of hydrogen-bond donors (Lipinski definition) is 1. The summed E-state index contributed by atoms with van der Waals surface area (Å²) in [5, 5.41) is 4.23. The number of aryl methyl sites for hydroxylation is 1. The van der Waals surface area contributed by atoms with Gasteiger partial charge in [-0.1, -0.05) is 13.0 Å². The third-order valence-corrected chi connectivity index (χ3v) is 4.10. The van der Waals surface area contributed by atoms with E-state index in [1.54, 1.807) is 18.7 Å². The second-order valence-electron chi connectivity index (χ2n) is 5.56. The topological polar surface area (TPSA) is 80.9 Å². The second-order valence-corrected chi connectivity index (χ2v) is 5.56. The zero-order valence-electron chi connectivity index (χ0n) is 13.4. The molecule has 0 spiro atoms. The summed E-state index contributed by atoms with van der Waals surface area (Å²) in [5.41, 5.74) is 4.51. The smallest absolute Gasteiger partial charge is 0.277 e. The molecule has 4 rings (SSSR count). The highest BCUT2D eigenvalue weighted by atomic mass is 16.1. The highest BCUT2D eigenvalue weighted by Crippen LogP contribution is 2.19. The van der Waals surface area contributed by atoms with Gasteiger partial charge >= 0.3 is 0 Å². The van der Waals surface area contributed by atoms with E-state index in [-0.39, 0.29) is 5.56 Å². The van der Waals surface area contributed by atoms with Gasteiger partial charge in [0.25, 0.3) is 5.56 Å². The van der Waals surface area contributed by atoms with Crippen LogP contribution in [0.3, 0.4) is 0 Å². The van der Waals surface area contributed by atoms with Crippen molar-refractivity contribution in [2.24, 2.45) is 0 Å². The number of nitrogens with zero attached hydrogens (tertiary/aromatic N) is 5. The Morgan fingerprint density at radius 3 is 2.83 bits per heavy atom. The number of imidazole rings is 1. The lowest BCUT2D eigenvalue weighted by atomic mass is 10.2. The van der Waals surface area contributed by atoms with Gasteiger partial charge in [0.05, 0.1) is 11.9 Å². The second kappa shape index (κ2) is 5.45. The first-order valence-electron chi connectivity index (χ1n) is 7.74. The van der Waals surface area contributed by atoms with Crippen LogP contribution in [0.5, 0.6) is 0 Å². The molecule has 0 amide bonds. The largest absolute Gasteiger partial charge is 0.342 e. The predicted octanol–water partition coefficient (Wildman–Crippen LogP) is 2.14. The Bertz CT molecular complexity index is 1070. The van der Waals surface area contributed by atoms with Crippen molar-refractivity contribution in [3.05, 3.63) is 64.7 Å². The van der Waals surface area contributed by atoms with Crippen LogP contribution in [0.15, 0.2) is 47.9 Å². The lowest BCUT2D eigenvalue weighted by Crippen LogP contribution is -2.21. The first kappa shape index (κ1) is 14.4. The molecular weight excluding hydrogens is 304 g/mol. The van der Waals surface area contributed by atoms with Crippen LogP contribution in [0.25, 0.3) is 22.7 Å². The van der Waals surface area contributed by atoms with E-state index in [0.29, 0.717) is 12.1 Å². The van der Waals surface area contributed by atoms with E-state index in [4.69, 9.17) is 0 Å². The average Bonchev–Trinajstić information content (AvgIpc) is 3.22. The molecule has 0 radical (unpaired) electrons. The van der Waals surface area contributed by atoms with Crippen LogP contribution in [0.4, 0.5) is 0 Å². The van der Waals surface area contributed by atoms with Gasteiger partial charge in [0, 0.05) is 23.7 Å². The molecule has 1 N–H and O–H groups in total. The third-order valence-electron chi connectivity index (χ3n) is 4.10. The molecule has 4 aromatic rings. The monoisotopic (exact) mass is 320 g/mol. The molecule has 4 heterocycles. The number of pyridine rings is 1. The number of aromatic nitrogens is 6. The minimum atomic E-state index is -0.0833. The summed E-state index contributed by atoms with van der Waals surface area (Å²) in [4.78, 5) is 24.5. The fourth-order valence-electron chi connectivity index (χ4n) is 2.86. The zero-order valence-corrected chi connectivity index (χ0v) is 13.4. The highest BCUT2D eigenvalue weighted by molar-refractivity contribution is 5.61. The standard InChI is InChI=1S/C17H16N6O/c1-3-12-11(2)21-16-15(8-20-23(16)17(12)24)22-9-14(19-10-22)13-6-4-5-7-18-13/h4-10,21H,3H2,1-2H3. The summed E-state index contributed by atoms with van der Waals surface area (Å²) >= 11 is 0. The molecule has 7 heteroatoms. The molecule has 0 unspecified atom stereocenters. The molecular formula is C17H16N6O. The lowest BCUT2D eigenvalue weighted by Gasteiger charge is -2.05. The zero-order chi connectivity index (χ0) is 16.7. The summed E-state index contributed by atoms with van der Waals surface area (Å²) < 4.78 is 3.24. The van der Waals surface area contributed by atoms with E-state index >= 15 is 0 Å². The molecule has 0 saturated carbocycles. The number of nitrogens with one attached hydrogen (secondary N) is 1. The summed E-state index contributed by atoms with van der Waals surface area (Å²) in [6, 6.07) is 5.69. The van der Waals surface area contributed by atoms with Gasteiger partial charge in [-0.2, -0.15) is 9.61 Å². The SMILES string of the molecule is CCc1c(C)[nH]c2c(-n3cnc(-c4ccccn4)c3)cnn2c1=O. The molecule has 0 aliphatic carbocycles. The van der Waals surface area contributed by atoms with Crippen molar-refractivity contribution in [1.82, 2.24) is 29.1 Å². The Hall–Kier alpha value is -3.22. The first-order valence-corrected chi connectivity index (χ1v) is 7.74. The number of aromatic amines is 1. The maximum Gasteiger partial charge on any atom is 0.277 e. The first-order chi connectivity index (χ1) is 11.7. The van der Waals surface area contributed by atoms with Crippen molar-refractivity contribution >= 4 is 5.65 Å². The predicted molar refractivity (Wildman–Crippen MR) is 90.3 cm³/mol. The molecule has 0 saturated heterocycles. The van der Waals surface area contributed by atoms with Crippen molar-refractivity contribution < 1.29 is 0 Å². The maximum atomic E-state index is 12.5. The molecule has 7 nitrogen and oxygen atoms in total. The third kappa shape index (κ3) is 2.13. The number of hydrogen-bond acceptors (Lipinski definition) is 4. The van der Waals surface area contributed by atoms with Crippen LogP contribution in [0.2, 0.25) is 0 Å². The summed E-state index contributed by atoms with van der Waals surface area (Å²) in [6.45, 7) is 3.87. The minimum absolute atomic E-state index is 0.0833.